The average molecular weight is 448 g/mol. The van der Waals surface area contributed by atoms with Gasteiger partial charge in [0.05, 0.1) is 15.9 Å². The quantitative estimate of drug-likeness (QED) is 0.392. The zero-order valence-corrected chi connectivity index (χ0v) is 18.9. The second kappa shape index (κ2) is 9.44. The Hall–Kier alpha value is -3.32. The molecular weight excluding hydrogens is 422 g/mol. The van der Waals surface area contributed by atoms with Gasteiger partial charge >= 0.3 is 0 Å². The van der Waals surface area contributed by atoms with Gasteiger partial charge < -0.3 is 4.57 Å². The molecule has 0 aliphatic carbocycles. The number of carbonyl (C=O) groups is 3. The highest BCUT2D eigenvalue weighted by molar-refractivity contribution is 7.16. The second-order valence-electron chi connectivity index (χ2n) is 7.78. The Bertz CT molecular complexity index is 1270. The van der Waals surface area contributed by atoms with Crippen LogP contribution in [0.25, 0.3) is 10.2 Å². The third kappa shape index (κ3) is 4.34. The molecule has 0 radical (unpaired) electrons. The first-order chi connectivity index (χ1) is 15.5. The van der Waals surface area contributed by atoms with Gasteiger partial charge in [-0.1, -0.05) is 42.9 Å². The predicted octanol–water partition coefficient (Wildman–Crippen LogP) is 4.63. The van der Waals surface area contributed by atoms with E-state index in [-0.39, 0.29) is 24.7 Å². The largest absolute Gasteiger partial charge is 0.312 e. The maximum absolute atomic E-state index is 13.0. The molecule has 1 aromatic heterocycles. The normalized spacial score (nSPS) is 14.5. The van der Waals surface area contributed by atoms with Crippen LogP contribution in [0.1, 0.15) is 48.5 Å². The predicted molar refractivity (Wildman–Crippen MR) is 127 cm³/mol. The maximum Gasteiger partial charge on any atom is 0.279 e. The highest BCUT2D eigenvalue weighted by Gasteiger charge is 2.30. The van der Waals surface area contributed by atoms with Crippen LogP contribution < -0.4 is 9.70 Å². The summed E-state index contributed by atoms with van der Waals surface area (Å²) < 4.78 is 3.06. The lowest BCUT2D eigenvalue weighted by molar-refractivity contribution is -0.121. The van der Waals surface area contributed by atoms with Crippen LogP contribution >= 0.6 is 11.3 Å². The third-order valence-electron chi connectivity index (χ3n) is 5.48. The summed E-state index contributed by atoms with van der Waals surface area (Å²) in [5.41, 5.74) is 3.04. The topological polar surface area (TPSA) is 71.7 Å². The minimum atomic E-state index is -0.415. The zero-order chi connectivity index (χ0) is 22.7. The number of aryl methyl sites for hydroxylation is 1. The summed E-state index contributed by atoms with van der Waals surface area (Å²) in [6.45, 7) is 6.55. The number of aromatic nitrogens is 1. The van der Waals surface area contributed by atoms with Crippen LogP contribution in [0.3, 0.4) is 0 Å². The summed E-state index contributed by atoms with van der Waals surface area (Å²) in [7, 11) is 0. The lowest BCUT2D eigenvalue weighted by Gasteiger charge is -2.14. The molecule has 6 nitrogen and oxygen atoms in total. The fraction of sp³-hybridized carbons (Fsp3) is 0.280. The van der Waals surface area contributed by atoms with Gasteiger partial charge in [-0.2, -0.15) is 4.99 Å². The molecule has 32 heavy (non-hydrogen) atoms. The number of amides is 3. The van der Waals surface area contributed by atoms with Crippen molar-refractivity contribution in [1.29, 1.82) is 0 Å². The maximum atomic E-state index is 13.0. The zero-order valence-electron chi connectivity index (χ0n) is 18.0. The van der Waals surface area contributed by atoms with E-state index in [4.69, 9.17) is 0 Å². The van der Waals surface area contributed by atoms with Crippen molar-refractivity contribution in [1.82, 2.24) is 4.57 Å². The number of hydrogen-bond acceptors (Lipinski definition) is 4. The lowest BCUT2D eigenvalue weighted by atomic mass is 10.1. The van der Waals surface area contributed by atoms with Crippen LogP contribution in [0.5, 0.6) is 0 Å². The molecule has 1 fully saturated rings. The number of rotatable bonds is 7. The molecule has 3 amide bonds. The van der Waals surface area contributed by atoms with Crippen molar-refractivity contribution in [2.24, 2.45) is 4.99 Å². The number of benzene rings is 2. The number of fused-ring (bicyclic) bond motifs is 1. The molecule has 0 unspecified atom stereocenters. The highest BCUT2D eigenvalue weighted by atomic mass is 32.1. The van der Waals surface area contributed by atoms with Crippen molar-refractivity contribution >= 4 is 45.0 Å². The molecular formula is C25H25N3O3S. The van der Waals surface area contributed by atoms with E-state index in [2.05, 4.69) is 36.7 Å². The Kier molecular flexibility index (Phi) is 6.46. The molecule has 164 valence electrons. The van der Waals surface area contributed by atoms with Gasteiger partial charge in [0.1, 0.15) is 0 Å². The summed E-state index contributed by atoms with van der Waals surface area (Å²) in [4.78, 5) is 43.2. The number of allylic oxidation sites excluding steroid dienone is 1. The molecule has 3 aromatic rings. The van der Waals surface area contributed by atoms with Crippen molar-refractivity contribution in [2.45, 2.75) is 45.6 Å². The molecule has 1 aliphatic heterocycles. The van der Waals surface area contributed by atoms with Gasteiger partial charge in [-0.25, -0.2) is 0 Å². The Labute approximate surface area is 190 Å². The summed E-state index contributed by atoms with van der Waals surface area (Å²) in [5.74, 6) is -0.908. The number of unbranched alkanes of at least 4 members (excludes halogenated alkanes) is 1. The third-order valence-corrected chi connectivity index (χ3v) is 6.52. The molecule has 7 heteroatoms. The van der Waals surface area contributed by atoms with Crippen molar-refractivity contribution < 1.29 is 14.4 Å². The van der Waals surface area contributed by atoms with E-state index < -0.39 is 5.91 Å². The van der Waals surface area contributed by atoms with E-state index in [1.807, 2.05) is 4.57 Å². The standard InChI is InChI=1S/C25H25N3O3S/c1-3-5-7-17-10-11-20-21(15-17)32-25(27(20)14-4-2)26-24(31)18-8-6-9-19(16-18)28-22(29)12-13-23(28)30/h4,6,8-11,15-16H,2-3,5,7,12-14H2,1H3. The molecule has 2 aromatic carbocycles. The molecule has 1 saturated heterocycles. The highest BCUT2D eigenvalue weighted by Crippen LogP contribution is 2.24. The van der Waals surface area contributed by atoms with Crippen LogP contribution in [0.4, 0.5) is 5.69 Å². The van der Waals surface area contributed by atoms with Gasteiger partial charge in [-0.3, -0.25) is 19.3 Å². The first-order valence-corrected chi connectivity index (χ1v) is 11.6. The minimum absolute atomic E-state index is 0.199. The molecule has 4 rings (SSSR count). The van der Waals surface area contributed by atoms with Gasteiger partial charge in [-0.05, 0) is 48.7 Å². The molecule has 0 atom stereocenters. The smallest absolute Gasteiger partial charge is 0.279 e. The molecule has 0 N–H and O–H groups in total. The van der Waals surface area contributed by atoms with Gasteiger partial charge in [0.25, 0.3) is 5.91 Å². The Morgan fingerprint density at radius 2 is 1.94 bits per heavy atom. The Morgan fingerprint density at radius 3 is 2.66 bits per heavy atom. The Balaban J connectivity index is 1.72. The van der Waals surface area contributed by atoms with Crippen LogP contribution in [0.15, 0.2) is 60.1 Å². The first kappa shape index (κ1) is 21.9. The summed E-state index contributed by atoms with van der Waals surface area (Å²) in [6.07, 6.45) is 5.49. The summed E-state index contributed by atoms with van der Waals surface area (Å²) in [6, 6.07) is 12.9. The van der Waals surface area contributed by atoms with E-state index in [9.17, 15) is 14.4 Å². The lowest BCUT2D eigenvalue weighted by Crippen LogP contribution is -2.28. The van der Waals surface area contributed by atoms with E-state index in [0.717, 1.165) is 34.4 Å². The van der Waals surface area contributed by atoms with Crippen molar-refractivity contribution in [2.75, 3.05) is 4.90 Å². The summed E-state index contributed by atoms with van der Waals surface area (Å²) in [5, 5.41) is 0. The first-order valence-electron chi connectivity index (χ1n) is 10.8. The van der Waals surface area contributed by atoms with Crippen LogP contribution in [0.2, 0.25) is 0 Å². The fourth-order valence-corrected chi connectivity index (χ4v) is 4.94. The van der Waals surface area contributed by atoms with Gasteiger partial charge in [0.2, 0.25) is 11.8 Å². The molecule has 0 bridgehead atoms. The number of thiazole rings is 1. The SMILES string of the molecule is C=CCn1c(=NC(=O)c2cccc(N3C(=O)CCC3=O)c2)sc2cc(CCCC)ccc21. The van der Waals surface area contributed by atoms with Crippen LogP contribution in [-0.2, 0) is 22.6 Å². The average Bonchev–Trinajstić information content (AvgIpc) is 3.31. The monoisotopic (exact) mass is 447 g/mol. The van der Waals surface area contributed by atoms with Gasteiger partial charge in [-0.15, -0.1) is 6.58 Å². The van der Waals surface area contributed by atoms with E-state index in [1.165, 1.54) is 16.9 Å². The van der Waals surface area contributed by atoms with Gasteiger partial charge in [0.15, 0.2) is 4.80 Å². The molecule has 2 heterocycles. The second-order valence-corrected chi connectivity index (χ2v) is 8.79. The van der Waals surface area contributed by atoms with Gasteiger partial charge in [0, 0.05) is 24.9 Å². The Morgan fingerprint density at radius 1 is 1.16 bits per heavy atom. The minimum Gasteiger partial charge on any atom is -0.312 e. The van der Waals surface area contributed by atoms with Crippen LogP contribution in [0, 0.1) is 0 Å². The summed E-state index contributed by atoms with van der Waals surface area (Å²) >= 11 is 1.47. The molecule has 0 spiro atoms. The number of carbonyl (C=O) groups excluding carboxylic acids is 3. The fourth-order valence-electron chi connectivity index (χ4n) is 3.84. The molecule has 1 aliphatic rings. The van der Waals surface area contributed by atoms with E-state index in [0.29, 0.717) is 22.6 Å². The van der Waals surface area contributed by atoms with Crippen molar-refractivity contribution in [3.63, 3.8) is 0 Å². The number of imide groups is 1. The van der Waals surface area contributed by atoms with E-state index >= 15 is 0 Å². The number of nitrogens with zero attached hydrogens (tertiary/aromatic N) is 3. The number of hydrogen-bond donors (Lipinski definition) is 0. The molecule has 0 saturated carbocycles. The van der Waals surface area contributed by atoms with Crippen LogP contribution in [-0.4, -0.2) is 22.3 Å². The van der Waals surface area contributed by atoms with E-state index in [1.54, 1.807) is 30.3 Å². The van der Waals surface area contributed by atoms with Crippen molar-refractivity contribution in [3.05, 3.63) is 71.0 Å². The number of anilines is 1. The van der Waals surface area contributed by atoms with Crippen molar-refractivity contribution in [3.8, 4) is 0 Å².